The van der Waals surface area contributed by atoms with Crippen LogP contribution in [0.25, 0.3) is 0 Å². The van der Waals surface area contributed by atoms with E-state index >= 15 is 0 Å². The summed E-state index contributed by atoms with van der Waals surface area (Å²) in [5.41, 5.74) is 3.19. The summed E-state index contributed by atoms with van der Waals surface area (Å²) in [7, 11) is 0. The summed E-state index contributed by atoms with van der Waals surface area (Å²) in [6.45, 7) is 4.54. The Morgan fingerprint density at radius 3 is 3.21 bits per heavy atom. The lowest BCUT2D eigenvalue weighted by Crippen LogP contribution is -1.98. The minimum absolute atomic E-state index is 0.136. The fourth-order valence-corrected chi connectivity index (χ4v) is 1.71. The first-order chi connectivity index (χ1) is 6.81. The Morgan fingerprint density at radius 2 is 2.43 bits per heavy atom. The summed E-state index contributed by atoms with van der Waals surface area (Å²) in [6, 6.07) is 5.87. The van der Waals surface area contributed by atoms with Gasteiger partial charge >= 0.3 is 0 Å². The van der Waals surface area contributed by atoms with Gasteiger partial charge in [-0.25, -0.2) is 0 Å². The highest BCUT2D eigenvalue weighted by Crippen LogP contribution is 2.23. The van der Waals surface area contributed by atoms with Gasteiger partial charge in [0.05, 0.1) is 0 Å². The van der Waals surface area contributed by atoms with Crippen LogP contribution in [0.5, 0.6) is 0 Å². The van der Waals surface area contributed by atoms with Crippen molar-refractivity contribution >= 4 is 11.5 Å². The number of hydrogen-bond donors (Lipinski definition) is 1. The predicted molar refractivity (Wildman–Crippen MR) is 57.8 cm³/mol. The van der Waals surface area contributed by atoms with Crippen molar-refractivity contribution in [1.82, 2.24) is 0 Å². The number of carbonyl (C=O) groups is 1. The largest absolute Gasteiger partial charge is 0.384 e. The first-order valence-corrected chi connectivity index (χ1v) is 4.82. The Morgan fingerprint density at radius 1 is 1.57 bits per heavy atom. The summed E-state index contributed by atoms with van der Waals surface area (Å²) < 4.78 is 0. The van der Waals surface area contributed by atoms with Crippen molar-refractivity contribution in [1.29, 1.82) is 0 Å². The number of fused-ring (bicyclic) bond motifs is 1. The predicted octanol–water partition coefficient (Wildman–Crippen LogP) is 2.41. The average Bonchev–Trinajstić information content (AvgIpc) is 2.64. The highest BCUT2D eigenvalue weighted by molar-refractivity contribution is 5.98. The van der Waals surface area contributed by atoms with Gasteiger partial charge in [-0.3, -0.25) is 4.79 Å². The second kappa shape index (κ2) is 3.66. The number of carbonyl (C=O) groups excluding carboxylic acids is 1. The molecule has 0 fully saturated rings. The van der Waals surface area contributed by atoms with Gasteiger partial charge in [-0.1, -0.05) is 18.2 Å². The maximum atomic E-state index is 11.5. The molecule has 1 aliphatic rings. The molecule has 1 aromatic rings. The third-order valence-electron chi connectivity index (χ3n) is 2.47. The molecule has 1 N–H and O–H groups in total. The van der Waals surface area contributed by atoms with Gasteiger partial charge in [-0.2, -0.15) is 0 Å². The second-order valence-electron chi connectivity index (χ2n) is 3.46. The molecule has 1 heterocycles. The van der Waals surface area contributed by atoms with E-state index in [-0.39, 0.29) is 5.78 Å². The third-order valence-corrected chi connectivity index (χ3v) is 2.47. The van der Waals surface area contributed by atoms with Crippen molar-refractivity contribution in [2.75, 3.05) is 11.9 Å². The lowest BCUT2D eigenvalue weighted by Gasteiger charge is -2.02. The molecule has 1 aliphatic heterocycles. The van der Waals surface area contributed by atoms with Crippen molar-refractivity contribution in [2.45, 2.75) is 12.8 Å². The standard InChI is InChI=1S/C12H13NO/c1-2-3-12(14)10-5-4-9-6-7-13-11(9)8-10/h2,4-5,8,13H,1,3,6-7H2. The minimum atomic E-state index is 0.136. The Kier molecular flexibility index (Phi) is 2.35. The van der Waals surface area contributed by atoms with Gasteiger partial charge in [-0.05, 0) is 18.1 Å². The van der Waals surface area contributed by atoms with E-state index < -0.39 is 0 Å². The molecule has 72 valence electrons. The number of anilines is 1. The zero-order valence-corrected chi connectivity index (χ0v) is 8.05. The fourth-order valence-electron chi connectivity index (χ4n) is 1.71. The van der Waals surface area contributed by atoms with Gasteiger partial charge in [0.2, 0.25) is 0 Å². The lowest BCUT2D eigenvalue weighted by molar-refractivity contribution is 0.0996. The van der Waals surface area contributed by atoms with Crippen LogP contribution in [-0.4, -0.2) is 12.3 Å². The summed E-state index contributed by atoms with van der Waals surface area (Å²) >= 11 is 0. The van der Waals surface area contributed by atoms with Gasteiger partial charge in [0.25, 0.3) is 0 Å². The molecule has 0 aromatic heterocycles. The normalized spacial score (nSPS) is 13.1. The Balaban J connectivity index is 2.28. The van der Waals surface area contributed by atoms with E-state index in [1.54, 1.807) is 6.08 Å². The number of nitrogens with one attached hydrogen (secondary N) is 1. The molecule has 2 rings (SSSR count). The van der Waals surface area contributed by atoms with Crippen molar-refractivity contribution in [3.63, 3.8) is 0 Å². The molecule has 0 aliphatic carbocycles. The van der Waals surface area contributed by atoms with Crippen LogP contribution in [0, 0.1) is 0 Å². The van der Waals surface area contributed by atoms with Crippen molar-refractivity contribution in [3.05, 3.63) is 42.0 Å². The SMILES string of the molecule is C=CCC(=O)c1ccc2c(c1)NCC2. The zero-order chi connectivity index (χ0) is 9.97. The molecular formula is C12H13NO. The first kappa shape index (κ1) is 9.00. The number of ketones is 1. The number of benzene rings is 1. The fraction of sp³-hybridized carbons (Fsp3) is 0.250. The molecule has 0 spiro atoms. The zero-order valence-electron chi connectivity index (χ0n) is 8.05. The quantitative estimate of drug-likeness (QED) is 0.581. The van der Waals surface area contributed by atoms with E-state index in [1.165, 1.54) is 5.56 Å². The number of rotatable bonds is 3. The number of Topliss-reactive ketones (excluding diaryl/α,β-unsaturated/α-hetero) is 1. The van der Waals surface area contributed by atoms with Gasteiger partial charge in [0, 0.05) is 24.2 Å². The number of hydrogen-bond acceptors (Lipinski definition) is 2. The minimum Gasteiger partial charge on any atom is -0.384 e. The summed E-state index contributed by atoms with van der Waals surface area (Å²) in [4.78, 5) is 11.5. The van der Waals surface area contributed by atoms with E-state index in [4.69, 9.17) is 0 Å². The smallest absolute Gasteiger partial charge is 0.166 e. The van der Waals surface area contributed by atoms with E-state index in [0.29, 0.717) is 6.42 Å². The van der Waals surface area contributed by atoms with Crippen molar-refractivity contribution in [3.8, 4) is 0 Å². The molecule has 2 nitrogen and oxygen atoms in total. The molecule has 0 amide bonds. The lowest BCUT2D eigenvalue weighted by atomic mass is 10.0. The van der Waals surface area contributed by atoms with Crippen LogP contribution in [0.15, 0.2) is 30.9 Å². The maximum Gasteiger partial charge on any atom is 0.166 e. The van der Waals surface area contributed by atoms with Gasteiger partial charge < -0.3 is 5.32 Å². The molecular weight excluding hydrogens is 174 g/mol. The molecule has 0 saturated carbocycles. The molecule has 0 atom stereocenters. The summed E-state index contributed by atoms with van der Waals surface area (Å²) in [5.74, 6) is 0.136. The Labute approximate surface area is 83.6 Å². The molecule has 2 heteroatoms. The first-order valence-electron chi connectivity index (χ1n) is 4.82. The Bertz CT molecular complexity index is 382. The van der Waals surface area contributed by atoms with Gasteiger partial charge in [-0.15, -0.1) is 6.58 Å². The topological polar surface area (TPSA) is 29.1 Å². The van der Waals surface area contributed by atoms with Crippen LogP contribution < -0.4 is 5.32 Å². The monoisotopic (exact) mass is 187 g/mol. The van der Waals surface area contributed by atoms with E-state index in [0.717, 1.165) is 24.2 Å². The van der Waals surface area contributed by atoms with E-state index in [1.807, 2.05) is 18.2 Å². The van der Waals surface area contributed by atoms with Gasteiger partial charge in [0.15, 0.2) is 5.78 Å². The molecule has 1 aromatic carbocycles. The van der Waals surface area contributed by atoms with Gasteiger partial charge in [0.1, 0.15) is 0 Å². The molecule has 0 bridgehead atoms. The van der Waals surface area contributed by atoms with Crippen molar-refractivity contribution in [2.24, 2.45) is 0 Å². The molecule has 14 heavy (non-hydrogen) atoms. The molecule has 0 saturated heterocycles. The van der Waals surface area contributed by atoms with Crippen LogP contribution in [0.4, 0.5) is 5.69 Å². The van der Waals surface area contributed by atoms with Crippen LogP contribution in [0.1, 0.15) is 22.3 Å². The van der Waals surface area contributed by atoms with Crippen LogP contribution >= 0.6 is 0 Å². The van der Waals surface area contributed by atoms with E-state index in [2.05, 4.69) is 11.9 Å². The second-order valence-corrected chi connectivity index (χ2v) is 3.46. The summed E-state index contributed by atoms with van der Waals surface area (Å²) in [6.07, 6.45) is 3.12. The molecule has 0 radical (unpaired) electrons. The highest BCUT2D eigenvalue weighted by atomic mass is 16.1. The van der Waals surface area contributed by atoms with Crippen molar-refractivity contribution < 1.29 is 4.79 Å². The molecule has 0 unspecified atom stereocenters. The van der Waals surface area contributed by atoms with Crippen LogP contribution in [0.3, 0.4) is 0 Å². The van der Waals surface area contributed by atoms with E-state index in [9.17, 15) is 4.79 Å². The van der Waals surface area contributed by atoms with Crippen LogP contribution in [-0.2, 0) is 6.42 Å². The maximum absolute atomic E-state index is 11.5. The summed E-state index contributed by atoms with van der Waals surface area (Å²) in [5, 5.41) is 3.26. The highest BCUT2D eigenvalue weighted by Gasteiger charge is 2.12. The average molecular weight is 187 g/mol. The third kappa shape index (κ3) is 1.55. The van der Waals surface area contributed by atoms with Crippen LogP contribution in [0.2, 0.25) is 0 Å². The number of allylic oxidation sites excluding steroid dienone is 1. The Hall–Kier alpha value is -1.57.